The minimum Gasteiger partial charge on any atom is -0.473 e. The summed E-state index contributed by atoms with van der Waals surface area (Å²) in [5, 5.41) is 0. The van der Waals surface area contributed by atoms with E-state index in [-0.39, 0.29) is 18.1 Å². The van der Waals surface area contributed by atoms with Gasteiger partial charge in [-0.3, -0.25) is 4.79 Å². The molecule has 154 valence electrons. The Bertz CT molecular complexity index is 888. The van der Waals surface area contributed by atoms with E-state index in [9.17, 15) is 14.0 Å². The van der Waals surface area contributed by atoms with Crippen LogP contribution in [0.4, 0.5) is 4.39 Å². The molecule has 0 spiro atoms. The van der Waals surface area contributed by atoms with E-state index in [4.69, 9.17) is 9.47 Å². The van der Waals surface area contributed by atoms with Crippen LogP contribution in [-0.2, 0) is 16.0 Å². The van der Waals surface area contributed by atoms with Crippen LogP contribution in [0, 0.1) is 5.82 Å². The third-order valence-electron chi connectivity index (χ3n) is 4.13. The van der Waals surface area contributed by atoms with Gasteiger partial charge in [0.15, 0.2) is 23.0 Å². The lowest BCUT2D eigenvalue weighted by Crippen LogP contribution is -2.40. The molecule has 4 nitrogen and oxygen atoms in total. The number of hydrogen-bond acceptors (Lipinski definition) is 5. The molecule has 0 aliphatic rings. The Morgan fingerprint density at radius 1 is 1.14 bits per heavy atom. The Labute approximate surface area is 175 Å². The fourth-order valence-electron chi connectivity index (χ4n) is 2.53. The topological polar surface area (TPSA) is 52.6 Å². The summed E-state index contributed by atoms with van der Waals surface area (Å²) in [5.74, 6) is -1.27. The zero-order valence-electron chi connectivity index (χ0n) is 17.0. The third kappa shape index (κ3) is 6.46. The SMILES string of the molecule is CCOC(=O)C(C)(C)Oc1ccc(C/C=C/C(=O)c2ccc(SC)cc2)cc1F. The van der Waals surface area contributed by atoms with Crippen LogP contribution < -0.4 is 4.74 Å². The number of benzene rings is 2. The van der Waals surface area contributed by atoms with Crippen molar-refractivity contribution in [1.29, 1.82) is 0 Å². The lowest BCUT2D eigenvalue weighted by Gasteiger charge is -2.24. The molecular formula is C23H25FO4S. The first kappa shape index (κ1) is 22.7. The molecule has 29 heavy (non-hydrogen) atoms. The van der Waals surface area contributed by atoms with Gasteiger partial charge in [-0.2, -0.15) is 0 Å². The van der Waals surface area contributed by atoms with Crippen LogP contribution in [0.15, 0.2) is 59.5 Å². The van der Waals surface area contributed by atoms with Gasteiger partial charge in [-0.15, -0.1) is 11.8 Å². The molecule has 0 aromatic heterocycles. The quantitative estimate of drug-likeness (QED) is 0.242. The molecule has 6 heteroatoms. The minimum absolute atomic E-state index is 0.0271. The van der Waals surface area contributed by atoms with Gasteiger partial charge in [0.05, 0.1) is 6.61 Å². The predicted molar refractivity (Wildman–Crippen MR) is 113 cm³/mol. The zero-order chi connectivity index (χ0) is 21.4. The second-order valence-corrected chi connectivity index (χ2v) is 7.68. The van der Waals surface area contributed by atoms with Crippen molar-refractivity contribution in [2.45, 2.75) is 37.7 Å². The number of hydrogen-bond donors (Lipinski definition) is 0. The Balaban J connectivity index is 2.00. The lowest BCUT2D eigenvalue weighted by molar-refractivity contribution is -0.158. The molecule has 2 aromatic rings. The number of carbonyl (C=O) groups is 2. The van der Waals surface area contributed by atoms with E-state index >= 15 is 0 Å². The number of halogens is 1. The van der Waals surface area contributed by atoms with Gasteiger partial charge in [0.25, 0.3) is 0 Å². The van der Waals surface area contributed by atoms with E-state index in [0.717, 1.165) is 4.90 Å². The van der Waals surface area contributed by atoms with Crippen molar-refractivity contribution in [1.82, 2.24) is 0 Å². The molecule has 2 aromatic carbocycles. The first-order valence-electron chi connectivity index (χ1n) is 9.26. The van der Waals surface area contributed by atoms with E-state index in [0.29, 0.717) is 17.5 Å². The Kier molecular flexibility index (Phi) is 8.02. The normalized spacial score (nSPS) is 11.5. The van der Waals surface area contributed by atoms with Crippen LogP contribution in [0.2, 0.25) is 0 Å². The highest BCUT2D eigenvalue weighted by atomic mass is 32.2. The van der Waals surface area contributed by atoms with E-state index in [2.05, 4.69) is 0 Å². The molecule has 0 fully saturated rings. The number of esters is 1. The monoisotopic (exact) mass is 416 g/mol. The number of thioether (sulfide) groups is 1. The van der Waals surface area contributed by atoms with Gasteiger partial charge in [0.2, 0.25) is 0 Å². The summed E-state index contributed by atoms with van der Waals surface area (Å²) >= 11 is 1.61. The summed E-state index contributed by atoms with van der Waals surface area (Å²) in [4.78, 5) is 25.2. The summed E-state index contributed by atoms with van der Waals surface area (Å²) in [6, 6.07) is 11.9. The molecule has 2 rings (SSSR count). The maximum Gasteiger partial charge on any atom is 0.349 e. The first-order valence-corrected chi connectivity index (χ1v) is 10.5. The van der Waals surface area contributed by atoms with Crippen molar-refractivity contribution in [3.8, 4) is 5.75 Å². The average molecular weight is 417 g/mol. The van der Waals surface area contributed by atoms with Gasteiger partial charge in [-0.1, -0.05) is 12.1 Å². The number of allylic oxidation sites excluding steroid dienone is 2. The molecular weight excluding hydrogens is 391 g/mol. The van der Waals surface area contributed by atoms with Crippen LogP contribution in [0.1, 0.15) is 36.7 Å². The van der Waals surface area contributed by atoms with Crippen LogP contribution in [0.25, 0.3) is 0 Å². The second kappa shape index (κ2) is 10.3. The number of ketones is 1. The fourth-order valence-corrected chi connectivity index (χ4v) is 2.94. The molecule has 0 saturated heterocycles. The molecule has 0 bridgehead atoms. The standard InChI is InChI=1S/C23H25FO4S/c1-5-27-22(26)23(2,3)28-21-14-9-16(15-19(21)24)7-6-8-20(25)17-10-12-18(29-4)13-11-17/h6,8-15H,5,7H2,1-4H3/b8-6+. The van der Waals surface area contributed by atoms with Gasteiger partial charge in [0.1, 0.15) is 0 Å². The molecule has 0 radical (unpaired) electrons. The Hall–Kier alpha value is -2.60. The maximum absolute atomic E-state index is 14.4. The minimum atomic E-state index is -1.30. The molecule has 0 saturated carbocycles. The number of carbonyl (C=O) groups excluding carboxylic acids is 2. The summed E-state index contributed by atoms with van der Waals surface area (Å²) < 4.78 is 24.8. The second-order valence-electron chi connectivity index (χ2n) is 6.80. The van der Waals surface area contributed by atoms with Crippen molar-refractivity contribution in [3.63, 3.8) is 0 Å². The average Bonchev–Trinajstić information content (AvgIpc) is 2.70. The Morgan fingerprint density at radius 3 is 2.41 bits per heavy atom. The smallest absolute Gasteiger partial charge is 0.349 e. The largest absolute Gasteiger partial charge is 0.473 e. The molecule has 0 N–H and O–H groups in total. The van der Waals surface area contributed by atoms with E-state index in [1.807, 2.05) is 18.4 Å². The molecule has 0 amide bonds. The highest BCUT2D eigenvalue weighted by Crippen LogP contribution is 2.24. The van der Waals surface area contributed by atoms with Gasteiger partial charge in [-0.05, 0) is 81.5 Å². The number of rotatable bonds is 9. The highest BCUT2D eigenvalue weighted by molar-refractivity contribution is 7.98. The third-order valence-corrected chi connectivity index (χ3v) is 4.87. The summed E-state index contributed by atoms with van der Waals surface area (Å²) in [7, 11) is 0. The molecule has 0 aliphatic carbocycles. The predicted octanol–water partition coefficient (Wildman–Crippen LogP) is 5.25. The summed E-state index contributed by atoms with van der Waals surface area (Å²) in [5.41, 5.74) is -0.00276. The van der Waals surface area contributed by atoms with E-state index < -0.39 is 17.4 Å². The zero-order valence-corrected chi connectivity index (χ0v) is 17.8. The summed E-state index contributed by atoms with van der Waals surface area (Å²) in [6.45, 7) is 4.97. The van der Waals surface area contributed by atoms with Crippen molar-refractivity contribution >= 4 is 23.5 Å². The van der Waals surface area contributed by atoms with E-state index in [1.54, 1.807) is 43.0 Å². The van der Waals surface area contributed by atoms with Crippen molar-refractivity contribution in [3.05, 3.63) is 71.6 Å². The van der Waals surface area contributed by atoms with Gasteiger partial charge in [-0.25, -0.2) is 9.18 Å². The van der Waals surface area contributed by atoms with Crippen molar-refractivity contribution < 1.29 is 23.5 Å². The maximum atomic E-state index is 14.4. The number of ether oxygens (including phenoxy) is 2. The lowest BCUT2D eigenvalue weighted by atomic mass is 10.1. The molecule has 0 aliphatic heterocycles. The first-order chi connectivity index (χ1) is 13.8. The van der Waals surface area contributed by atoms with Crippen LogP contribution in [-0.4, -0.2) is 30.2 Å². The van der Waals surface area contributed by atoms with Crippen molar-refractivity contribution in [2.24, 2.45) is 0 Å². The van der Waals surface area contributed by atoms with Gasteiger partial charge < -0.3 is 9.47 Å². The molecule has 0 atom stereocenters. The van der Waals surface area contributed by atoms with Crippen LogP contribution in [0.3, 0.4) is 0 Å². The van der Waals surface area contributed by atoms with Gasteiger partial charge in [0, 0.05) is 10.5 Å². The highest BCUT2D eigenvalue weighted by Gasteiger charge is 2.32. The van der Waals surface area contributed by atoms with Crippen LogP contribution in [0.5, 0.6) is 5.75 Å². The molecule has 0 unspecified atom stereocenters. The molecule has 0 heterocycles. The van der Waals surface area contributed by atoms with E-state index in [1.165, 1.54) is 32.1 Å². The summed E-state index contributed by atoms with van der Waals surface area (Å²) in [6.07, 6.45) is 5.56. The van der Waals surface area contributed by atoms with Crippen LogP contribution >= 0.6 is 11.8 Å². The fraction of sp³-hybridized carbons (Fsp3) is 0.304. The van der Waals surface area contributed by atoms with Crippen molar-refractivity contribution in [2.75, 3.05) is 12.9 Å². The van der Waals surface area contributed by atoms with Gasteiger partial charge >= 0.3 is 5.97 Å². The Morgan fingerprint density at radius 2 is 1.83 bits per heavy atom.